The normalized spacial score (nSPS) is 14.9. The summed E-state index contributed by atoms with van der Waals surface area (Å²) in [5.41, 5.74) is 1.63. The molecule has 1 heterocycles. The molecule has 3 aromatic rings. The van der Waals surface area contributed by atoms with E-state index in [2.05, 4.69) is 0 Å². The fourth-order valence-corrected chi connectivity index (χ4v) is 4.48. The highest BCUT2D eigenvalue weighted by molar-refractivity contribution is 8.27. The molecule has 0 unspecified atom stereocenters. The lowest BCUT2D eigenvalue weighted by molar-refractivity contribution is -0.113. The highest BCUT2D eigenvalue weighted by Gasteiger charge is 2.33. The summed E-state index contributed by atoms with van der Waals surface area (Å²) in [4.78, 5) is 15.0. The summed E-state index contributed by atoms with van der Waals surface area (Å²) in [5.74, 6) is 1.19. The van der Waals surface area contributed by atoms with Gasteiger partial charge in [-0.15, -0.1) is 0 Å². The van der Waals surface area contributed by atoms with E-state index in [1.807, 2.05) is 78.9 Å². The van der Waals surface area contributed by atoms with Crippen LogP contribution in [0.15, 0.2) is 83.8 Å². The number of para-hydroxylation sites is 2. The monoisotopic (exact) mass is 467 g/mol. The van der Waals surface area contributed by atoms with Gasteiger partial charge in [-0.2, -0.15) is 0 Å². The predicted molar refractivity (Wildman–Crippen MR) is 131 cm³/mol. The van der Waals surface area contributed by atoms with Crippen molar-refractivity contribution < 1.29 is 14.3 Å². The van der Waals surface area contributed by atoms with Crippen LogP contribution in [-0.2, 0) is 4.79 Å². The lowest BCUT2D eigenvalue weighted by atomic mass is 10.2. The Hall–Kier alpha value is -2.80. The molecule has 0 aliphatic carbocycles. The van der Waals surface area contributed by atoms with Gasteiger partial charge >= 0.3 is 0 Å². The van der Waals surface area contributed by atoms with Gasteiger partial charge in [-0.1, -0.05) is 78.0 Å². The van der Waals surface area contributed by atoms with Gasteiger partial charge in [0.15, 0.2) is 4.32 Å². The minimum Gasteiger partial charge on any atom is -0.490 e. The zero-order valence-corrected chi connectivity index (χ0v) is 18.8. The molecule has 1 aliphatic rings. The maximum Gasteiger partial charge on any atom is 0.270 e. The molecule has 0 atom stereocenters. The van der Waals surface area contributed by atoms with Gasteiger partial charge in [0.2, 0.25) is 0 Å². The Bertz CT molecular complexity index is 1130. The van der Waals surface area contributed by atoms with Crippen molar-refractivity contribution in [1.82, 2.24) is 0 Å². The topological polar surface area (TPSA) is 38.8 Å². The summed E-state index contributed by atoms with van der Waals surface area (Å²) in [6.07, 6.45) is 1.83. The molecule has 0 bridgehead atoms. The van der Waals surface area contributed by atoms with E-state index < -0.39 is 0 Å². The maximum absolute atomic E-state index is 12.9. The van der Waals surface area contributed by atoms with E-state index in [1.54, 1.807) is 11.0 Å². The van der Waals surface area contributed by atoms with Crippen LogP contribution in [0.3, 0.4) is 0 Å². The summed E-state index contributed by atoms with van der Waals surface area (Å²) >= 11 is 12.8. The standard InChI is InChI=1S/C24H18ClNO3S2/c25-20-11-4-5-12-21(20)29-14-13-28-19-10-6-7-17(15-19)16-22-23(27)26(24(30)31-22)18-8-2-1-3-9-18/h1-12,15-16H,13-14H2/b22-16-. The van der Waals surface area contributed by atoms with Gasteiger partial charge in [-0.05, 0) is 48.0 Å². The molecular formula is C24H18ClNO3S2. The Labute approximate surface area is 195 Å². The van der Waals surface area contributed by atoms with E-state index in [-0.39, 0.29) is 5.91 Å². The number of thioether (sulfide) groups is 1. The van der Waals surface area contributed by atoms with Crippen LogP contribution in [0.25, 0.3) is 6.08 Å². The van der Waals surface area contributed by atoms with Crippen LogP contribution in [0.4, 0.5) is 5.69 Å². The van der Waals surface area contributed by atoms with E-state index in [0.29, 0.717) is 39.0 Å². The number of nitrogens with zero attached hydrogens (tertiary/aromatic N) is 1. The second-order valence-electron chi connectivity index (χ2n) is 6.55. The van der Waals surface area contributed by atoms with Crippen molar-refractivity contribution in [2.24, 2.45) is 0 Å². The Balaban J connectivity index is 1.39. The third-order valence-electron chi connectivity index (χ3n) is 4.41. The van der Waals surface area contributed by atoms with Gasteiger partial charge in [-0.25, -0.2) is 0 Å². The Morgan fingerprint density at radius 2 is 1.68 bits per heavy atom. The number of halogens is 1. The molecule has 0 saturated carbocycles. The minimum absolute atomic E-state index is 0.124. The van der Waals surface area contributed by atoms with Crippen LogP contribution in [0, 0.1) is 0 Å². The zero-order valence-electron chi connectivity index (χ0n) is 16.4. The largest absolute Gasteiger partial charge is 0.490 e. The molecule has 3 aromatic carbocycles. The molecule has 0 radical (unpaired) electrons. The Kier molecular flexibility index (Phi) is 6.92. The molecule has 0 aromatic heterocycles. The number of benzene rings is 3. The van der Waals surface area contributed by atoms with Crippen LogP contribution in [0.2, 0.25) is 5.02 Å². The summed E-state index contributed by atoms with van der Waals surface area (Å²) in [6, 6.07) is 24.3. The number of carbonyl (C=O) groups excluding carboxylic acids is 1. The van der Waals surface area contributed by atoms with Crippen molar-refractivity contribution in [3.63, 3.8) is 0 Å². The SMILES string of the molecule is O=C1/C(=C/c2cccc(OCCOc3ccccc3Cl)c2)SC(=S)N1c1ccccc1. The van der Waals surface area contributed by atoms with E-state index in [0.717, 1.165) is 11.3 Å². The molecular weight excluding hydrogens is 450 g/mol. The smallest absolute Gasteiger partial charge is 0.270 e. The zero-order chi connectivity index (χ0) is 21.6. The average molecular weight is 468 g/mol. The van der Waals surface area contributed by atoms with Gasteiger partial charge in [0.25, 0.3) is 5.91 Å². The maximum atomic E-state index is 12.9. The number of anilines is 1. The molecule has 4 rings (SSSR count). The second-order valence-corrected chi connectivity index (χ2v) is 8.64. The lowest BCUT2D eigenvalue weighted by Gasteiger charge is -2.13. The first-order valence-corrected chi connectivity index (χ1v) is 11.2. The quantitative estimate of drug-likeness (QED) is 0.235. The van der Waals surface area contributed by atoms with Crippen molar-refractivity contribution in [3.8, 4) is 11.5 Å². The van der Waals surface area contributed by atoms with Crippen LogP contribution in [0.5, 0.6) is 11.5 Å². The molecule has 1 amide bonds. The molecule has 156 valence electrons. The summed E-state index contributed by atoms with van der Waals surface area (Å²) in [7, 11) is 0. The summed E-state index contributed by atoms with van der Waals surface area (Å²) in [6.45, 7) is 0.731. The van der Waals surface area contributed by atoms with Crippen molar-refractivity contribution in [2.45, 2.75) is 0 Å². The molecule has 1 fully saturated rings. The van der Waals surface area contributed by atoms with Crippen molar-refractivity contribution in [2.75, 3.05) is 18.1 Å². The van der Waals surface area contributed by atoms with Crippen LogP contribution >= 0.6 is 35.6 Å². The number of thiocarbonyl (C=S) groups is 1. The van der Waals surface area contributed by atoms with E-state index >= 15 is 0 Å². The van der Waals surface area contributed by atoms with Gasteiger partial charge in [-0.3, -0.25) is 9.69 Å². The van der Waals surface area contributed by atoms with Gasteiger partial charge in [0, 0.05) is 0 Å². The third kappa shape index (κ3) is 5.28. The fraction of sp³-hybridized carbons (Fsp3) is 0.0833. The number of ether oxygens (including phenoxy) is 2. The number of hydrogen-bond donors (Lipinski definition) is 0. The molecule has 4 nitrogen and oxygen atoms in total. The first kappa shape index (κ1) is 21.4. The number of hydrogen-bond acceptors (Lipinski definition) is 5. The van der Waals surface area contributed by atoms with Gasteiger partial charge in [0.1, 0.15) is 24.7 Å². The predicted octanol–water partition coefficient (Wildman–Crippen LogP) is 6.20. The second kappa shape index (κ2) is 10.0. The first-order valence-electron chi connectivity index (χ1n) is 9.55. The van der Waals surface area contributed by atoms with Crippen LogP contribution < -0.4 is 14.4 Å². The molecule has 31 heavy (non-hydrogen) atoms. The molecule has 0 spiro atoms. The molecule has 1 aliphatic heterocycles. The minimum atomic E-state index is -0.124. The van der Waals surface area contributed by atoms with Gasteiger partial charge in [0.05, 0.1) is 15.6 Å². The highest BCUT2D eigenvalue weighted by Crippen LogP contribution is 2.36. The number of rotatable bonds is 7. The number of carbonyl (C=O) groups is 1. The van der Waals surface area contributed by atoms with Crippen molar-refractivity contribution in [3.05, 3.63) is 94.4 Å². The Morgan fingerprint density at radius 1 is 0.935 bits per heavy atom. The third-order valence-corrected chi connectivity index (χ3v) is 6.02. The first-order chi connectivity index (χ1) is 15.1. The van der Waals surface area contributed by atoms with E-state index in [1.165, 1.54) is 11.8 Å². The fourth-order valence-electron chi connectivity index (χ4n) is 2.99. The van der Waals surface area contributed by atoms with E-state index in [4.69, 9.17) is 33.3 Å². The summed E-state index contributed by atoms with van der Waals surface area (Å²) < 4.78 is 11.9. The Morgan fingerprint density at radius 3 is 2.48 bits per heavy atom. The molecule has 7 heteroatoms. The highest BCUT2D eigenvalue weighted by atomic mass is 35.5. The van der Waals surface area contributed by atoms with Crippen molar-refractivity contribution >= 4 is 57.6 Å². The van der Waals surface area contributed by atoms with Crippen molar-refractivity contribution in [1.29, 1.82) is 0 Å². The van der Waals surface area contributed by atoms with E-state index in [9.17, 15) is 4.79 Å². The van der Waals surface area contributed by atoms with Crippen LogP contribution in [0.1, 0.15) is 5.56 Å². The molecule has 1 saturated heterocycles. The summed E-state index contributed by atoms with van der Waals surface area (Å²) in [5, 5.41) is 0.567. The van der Waals surface area contributed by atoms with Gasteiger partial charge < -0.3 is 9.47 Å². The lowest BCUT2D eigenvalue weighted by Crippen LogP contribution is -2.27. The van der Waals surface area contributed by atoms with Crippen LogP contribution in [-0.4, -0.2) is 23.4 Å². The number of amides is 1. The average Bonchev–Trinajstić information content (AvgIpc) is 3.06. The molecule has 0 N–H and O–H groups in total.